The summed E-state index contributed by atoms with van der Waals surface area (Å²) in [7, 11) is -1.50. The molecule has 14 rings (SSSR count). The molecular weight excluding hydrogens is 971 g/mol. The highest BCUT2D eigenvalue weighted by Crippen LogP contribution is 2.46. The van der Waals surface area contributed by atoms with E-state index >= 15 is 0 Å². The second-order valence-corrected chi connectivity index (χ2v) is 18.3. The van der Waals surface area contributed by atoms with Crippen LogP contribution in [0.25, 0.3) is 121 Å². The van der Waals surface area contributed by atoms with Crippen LogP contribution in [-0.4, -0.2) is 17.2 Å². The fourth-order valence-corrected chi connectivity index (χ4v) is 10.4. The van der Waals surface area contributed by atoms with E-state index in [-0.39, 0.29) is 65.5 Å². The van der Waals surface area contributed by atoms with Crippen LogP contribution in [0.1, 0.15) is 13.7 Å². The van der Waals surface area contributed by atoms with E-state index < -0.39 is 13.2 Å². The number of fused-ring (bicyclic) bond motifs is 6. The highest BCUT2D eigenvalue weighted by Gasteiger charge is 2.23. The third-order valence-electron chi connectivity index (χ3n) is 13.2. The highest BCUT2D eigenvalue weighted by atomic mass is 79.9. The number of rotatable bonds is 6. The molecule has 0 saturated heterocycles. The molecule has 0 amide bonds. The molecule has 0 fully saturated rings. The molecule has 4 nitrogen and oxygen atoms in total. The van der Waals surface area contributed by atoms with Gasteiger partial charge >= 0.3 is 7.12 Å². The minimum absolute atomic E-state index is 0.175. The minimum Gasteiger partial charge on any atom is -0.464 e. The van der Waals surface area contributed by atoms with Gasteiger partial charge in [0.05, 0.1) is 24.4 Å². The second kappa shape index (κ2) is 20.4. The normalized spacial score (nSPS) is 13.1. The lowest BCUT2D eigenvalue weighted by atomic mass is 9.72. The number of furan rings is 2. The summed E-state index contributed by atoms with van der Waals surface area (Å²) in [4.78, 5) is 0. The third-order valence-corrected chi connectivity index (χ3v) is 13.8. The van der Waals surface area contributed by atoms with E-state index in [0.29, 0.717) is 27.8 Å². The lowest BCUT2D eigenvalue weighted by Gasteiger charge is -2.17. The molecule has 0 aliphatic rings. The van der Waals surface area contributed by atoms with Gasteiger partial charge < -0.3 is 18.9 Å². The molecule has 0 radical (unpaired) electrons. The molecule has 0 aliphatic heterocycles. The number of hydrogen-bond donors (Lipinski definition) is 2. The maximum atomic E-state index is 9.94. The summed E-state index contributed by atoms with van der Waals surface area (Å²) < 4.78 is 92.4. The first-order chi connectivity index (χ1) is 40.6. The van der Waals surface area contributed by atoms with Crippen molar-refractivity contribution in [1.82, 2.24) is 0 Å². The average molecular weight is 1030 g/mol. The fourth-order valence-electron chi connectivity index (χ4n) is 10.0. The zero-order chi connectivity index (χ0) is 58.7. The molecule has 2 aromatic heterocycles. The van der Waals surface area contributed by atoms with Gasteiger partial charge in [0.1, 0.15) is 17.4 Å². The molecule has 14 aromatic rings. The van der Waals surface area contributed by atoms with Gasteiger partial charge in [-0.1, -0.05) is 230 Å². The van der Waals surface area contributed by atoms with Crippen LogP contribution in [-0.2, 0) is 0 Å². The van der Waals surface area contributed by atoms with Crippen LogP contribution in [0.2, 0.25) is 0 Å². The predicted molar refractivity (Wildman–Crippen MR) is 314 cm³/mol. The van der Waals surface area contributed by atoms with E-state index in [1.54, 1.807) is 42.9 Å². The van der Waals surface area contributed by atoms with Gasteiger partial charge in [0.2, 0.25) is 0 Å². The van der Waals surface area contributed by atoms with Crippen LogP contribution in [0.3, 0.4) is 0 Å². The smallest absolute Gasteiger partial charge is 0.464 e. The Morgan fingerprint density at radius 3 is 1.15 bits per heavy atom. The summed E-state index contributed by atoms with van der Waals surface area (Å²) in [6.45, 7) is 0. The molecule has 0 aliphatic carbocycles. The molecule has 0 spiro atoms. The average Bonchev–Trinajstić information content (AvgIpc) is 1.49. The quantitative estimate of drug-likeness (QED) is 0.129. The maximum Gasteiger partial charge on any atom is 0.489 e. The zero-order valence-electron chi connectivity index (χ0n) is 49.3. The van der Waals surface area contributed by atoms with Gasteiger partial charge in [-0.15, -0.1) is 0 Å². The largest absolute Gasteiger partial charge is 0.489 e. The summed E-state index contributed by atoms with van der Waals surface area (Å²) in [6.07, 6.45) is 3.31. The van der Waals surface area contributed by atoms with Crippen molar-refractivity contribution in [2.45, 2.75) is 0 Å². The first-order valence-electron chi connectivity index (χ1n) is 28.8. The molecule has 352 valence electrons. The van der Waals surface area contributed by atoms with Gasteiger partial charge in [0, 0.05) is 21.9 Å². The topological polar surface area (TPSA) is 66.7 Å². The van der Waals surface area contributed by atoms with E-state index in [1.807, 2.05) is 91.0 Å². The van der Waals surface area contributed by atoms with Crippen LogP contribution in [0.15, 0.2) is 280 Å². The summed E-state index contributed by atoms with van der Waals surface area (Å²) in [5, 5.41) is 29.7. The molecule has 2 heterocycles. The Kier molecular flexibility index (Phi) is 9.97. The van der Waals surface area contributed by atoms with Crippen LogP contribution in [0.4, 0.5) is 0 Å². The van der Waals surface area contributed by atoms with Gasteiger partial charge in [-0.25, -0.2) is 0 Å². The maximum absolute atomic E-state index is 9.94. The van der Waals surface area contributed by atoms with Gasteiger partial charge in [0.25, 0.3) is 0 Å². The molecule has 2 N–H and O–H groups in total. The van der Waals surface area contributed by atoms with Crippen molar-refractivity contribution in [1.29, 1.82) is 0 Å². The molecule has 74 heavy (non-hydrogen) atoms. The second-order valence-electron chi connectivity index (χ2n) is 17.5. The van der Waals surface area contributed by atoms with Crippen molar-refractivity contribution >= 4 is 93.5 Å². The molecule has 0 atom stereocenters. The van der Waals surface area contributed by atoms with E-state index in [9.17, 15) is 10.0 Å². The number of halogens is 1. The Labute approximate surface area is 451 Å². The molecule has 0 saturated carbocycles. The third kappa shape index (κ3) is 8.75. The number of hydrogen-bond acceptors (Lipinski definition) is 4. The molecule has 0 bridgehead atoms. The first kappa shape index (κ1) is 36.2. The summed E-state index contributed by atoms with van der Waals surface area (Å²) >= 11 is 3.36. The molecule has 12 aromatic carbocycles. The summed E-state index contributed by atoms with van der Waals surface area (Å²) in [5.74, 6) is 0. The Balaban J connectivity index is 0.000000134. The van der Waals surface area contributed by atoms with Gasteiger partial charge in [-0.05, 0) is 133 Å². The van der Waals surface area contributed by atoms with Crippen LogP contribution in [0, 0.1) is 0 Å². The van der Waals surface area contributed by atoms with E-state index in [4.69, 9.17) is 22.5 Å². The van der Waals surface area contributed by atoms with Gasteiger partial charge in [-0.2, -0.15) is 0 Å². The summed E-state index contributed by atoms with van der Waals surface area (Å²) in [5.41, 5.74) is 9.83. The Bertz CT molecular complexity index is 4740. The Morgan fingerprint density at radius 1 is 0.338 bits per heavy atom. The Hall–Kier alpha value is -8.78. The van der Waals surface area contributed by atoms with Crippen LogP contribution < -0.4 is 5.46 Å². The van der Waals surface area contributed by atoms with E-state index in [1.165, 1.54) is 5.56 Å². The fraction of sp³-hybridized carbons (Fsp3) is 0. The number of benzene rings is 12. The standard InChI is InChI=1S/C34H22O.C20H15BO2.C14H9BrO/c1-3-11-23(12-4-1)25-19-20-32-30(21-25)31(22-35-32)34-28-17-9-7-15-26(28)33(24-13-5-2-6-14-24)27-16-8-10-18-29(27)34;22-21(23)20-17-12-6-4-10-15(17)19(14-8-2-1-3-9-14)16-11-5-7-13-18(16)20;15-13-9-16-14-7-6-11(8-12(13)14)10-4-2-1-3-5-10/h1-22H;1-13,22-23H;1-9H/i1D,3D,4D,11D,12D;;1D,2D,3D,4D,5D. The molecular formula is C68H46BBrO4. The van der Waals surface area contributed by atoms with Crippen molar-refractivity contribution in [3.05, 3.63) is 272 Å². The SMILES string of the molecule is OB(O)c1c2ccccc2c(-c2ccccc2)c2ccccc12.[2H]c1c([2H])c([2H])c(-c2ccc3occ(-c4c5ccccc5c(-c5ccccc5)c5ccccc45)c3c2)c([2H])c1[2H].[2H]c1c([2H])c([2H])c(-c2ccc3occ(Br)c3c2)c([2H])c1[2H]. The van der Waals surface area contributed by atoms with E-state index in [2.05, 4.69) is 88.7 Å². The van der Waals surface area contributed by atoms with E-state index in [0.717, 1.165) is 86.2 Å². The van der Waals surface area contributed by atoms with Crippen molar-refractivity contribution in [2.75, 3.05) is 0 Å². The van der Waals surface area contributed by atoms with Crippen molar-refractivity contribution in [2.24, 2.45) is 0 Å². The Morgan fingerprint density at radius 2 is 0.703 bits per heavy atom. The minimum atomic E-state index is -1.50. The predicted octanol–water partition coefficient (Wildman–Crippen LogP) is 17.9. The zero-order valence-corrected chi connectivity index (χ0v) is 40.9. The molecule has 0 unspecified atom stereocenters. The van der Waals surface area contributed by atoms with Crippen molar-refractivity contribution in [3.8, 4) is 55.6 Å². The first-order valence-corrected chi connectivity index (χ1v) is 24.6. The van der Waals surface area contributed by atoms with Gasteiger partial charge in [-0.3, -0.25) is 0 Å². The van der Waals surface area contributed by atoms with Gasteiger partial charge in [0.15, 0.2) is 0 Å². The highest BCUT2D eigenvalue weighted by molar-refractivity contribution is 9.10. The van der Waals surface area contributed by atoms with Crippen molar-refractivity contribution in [3.63, 3.8) is 0 Å². The monoisotopic (exact) mass is 1030 g/mol. The lowest BCUT2D eigenvalue weighted by Crippen LogP contribution is -2.31. The lowest BCUT2D eigenvalue weighted by molar-refractivity contribution is 0.426. The van der Waals surface area contributed by atoms with Crippen LogP contribution >= 0.6 is 15.9 Å². The summed E-state index contributed by atoms with van der Waals surface area (Å²) in [6, 6.07) is 60.7. The molecule has 6 heteroatoms. The van der Waals surface area contributed by atoms with Crippen molar-refractivity contribution < 1.29 is 32.6 Å². The van der Waals surface area contributed by atoms with Crippen LogP contribution in [0.5, 0.6) is 0 Å².